The van der Waals surface area contributed by atoms with Gasteiger partial charge in [-0.15, -0.1) is 0 Å². The Balaban J connectivity index is 1.70. The van der Waals surface area contributed by atoms with Crippen molar-refractivity contribution in [1.82, 2.24) is 0 Å². The molecule has 1 saturated heterocycles. The summed E-state index contributed by atoms with van der Waals surface area (Å²) in [5.74, 6) is 0.554. The van der Waals surface area contributed by atoms with E-state index in [-0.39, 0.29) is 18.1 Å². The van der Waals surface area contributed by atoms with Crippen LogP contribution >= 0.6 is 22.6 Å². The normalized spacial score (nSPS) is 19.9. The minimum atomic E-state index is -0.144. The molecule has 5 nitrogen and oxygen atoms in total. The summed E-state index contributed by atoms with van der Waals surface area (Å²) in [5, 5.41) is 2.96. The molecule has 0 unspecified atom stereocenters. The lowest BCUT2D eigenvalue weighted by atomic mass is 10.1. The van der Waals surface area contributed by atoms with E-state index in [2.05, 4.69) is 46.7 Å². The fourth-order valence-corrected chi connectivity index (χ4v) is 4.01. The molecule has 1 N–H and O–H groups in total. The summed E-state index contributed by atoms with van der Waals surface area (Å²) in [4.78, 5) is 14.9. The van der Waals surface area contributed by atoms with Crippen LogP contribution in [-0.4, -0.2) is 38.3 Å². The summed E-state index contributed by atoms with van der Waals surface area (Å²) in [7, 11) is 1.60. The molecule has 2 aromatic carbocycles. The molecule has 6 heteroatoms. The highest BCUT2D eigenvalue weighted by molar-refractivity contribution is 14.1. The number of rotatable bonds is 4. The van der Waals surface area contributed by atoms with Crippen molar-refractivity contribution >= 4 is 39.9 Å². The van der Waals surface area contributed by atoms with E-state index >= 15 is 0 Å². The molecule has 1 heterocycles. The number of morpholine rings is 1. The van der Waals surface area contributed by atoms with Crippen LogP contribution < -0.4 is 15.0 Å². The van der Waals surface area contributed by atoms with Gasteiger partial charge in [0.1, 0.15) is 5.75 Å². The number of carbonyl (C=O) groups excluding carboxylic acids is 1. The summed E-state index contributed by atoms with van der Waals surface area (Å²) >= 11 is 2.13. The van der Waals surface area contributed by atoms with Crippen LogP contribution in [0.2, 0.25) is 0 Å². The van der Waals surface area contributed by atoms with Gasteiger partial charge < -0.3 is 19.7 Å². The topological polar surface area (TPSA) is 50.8 Å². The smallest absolute Gasteiger partial charge is 0.256 e. The second-order valence-corrected chi connectivity index (χ2v) is 7.56. The first-order valence-corrected chi connectivity index (χ1v) is 9.70. The Morgan fingerprint density at radius 2 is 1.81 bits per heavy atom. The fourth-order valence-electron chi connectivity index (χ4n) is 3.19. The number of halogens is 1. The summed E-state index contributed by atoms with van der Waals surface area (Å²) in [5.41, 5.74) is 2.51. The number of methoxy groups -OCH3 is 1. The van der Waals surface area contributed by atoms with Gasteiger partial charge in [0.15, 0.2) is 0 Å². The molecule has 0 aromatic heterocycles. The van der Waals surface area contributed by atoms with Crippen LogP contribution in [0.15, 0.2) is 42.5 Å². The van der Waals surface area contributed by atoms with Crippen molar-refractivity contribution in [1.29, 1.82) is 0 Å². The van der Waals surface area contributed by atoms with Gasteiger partial charge in [-0.3, -0.25) is 4.79 Å². The minimum absolute atomic E-state index is 0.144. The van der Waals surface area contributed by atoms with E-state index in [1.54, 1.807) is 13.2 Å². The molecule has 138 valence electrons. The van der Waals surface area contributed by atoms with Crippen molar-refractivity contribution in [3.8, 4) is 5.75 Å². The van der Waals surface area contributed by atoms with Crippen molar-refractivity contribution in [3.63, 3.8) is 0 Å². The van der Waals surface area contributed by atoms with Gasteiger partial charge in [-0.05, 0) is 72.8 Å². The zero-order valence-corrected chi connectivity index (χ0v) is 17.3. The maximum Gasteiger partial charge on any atom is 0.256 e. The molecule has 1 aliphatic heterocycles. The Kier molecular flexibility index (Phi) is 6.03. The summed E-state index contributed by atoms with van der Waals surface area (Å²) in [6.45, 7) is 5.93. The third kappa shape index (κ3) is 4.29. The largest absolute Gasteiger partial charge is 0.496 e. The number of ether oxygens (including phenoxy) is 2. The zero-order valence-electron chi connectivity index (χ0n) is 15.2. The van der Waals surface area contributed by atoms with E-state index in [1.165, 1.54) is 0 Å². The molecule has 3 rings (SSSR count). The zero-order chi connectivity index (χ0) is 18.7. The number of anilines is 2. The van der Waals surface area contributed by atoms with Gasteiger partial charge in [-0.25, -0.2) is 0 Å². The van der Waals surface area contributed by atoms with Crippen molar-refractivity contribution in [2.75, 3.05) is 30.4 Å². The summed E-state index contributed by atoms with van der Waals surface area (Å²) in [6.07, 6.45) is 0.432. The monoisotopic (exact) mass is 466 g/mol. The molecule has 0 aliphatic carbocycles. The predicted molar refractivity (Wildman–Crippen MR) is 112 cm³/mol. The first-order chi connectivity index (χ1) is 12.5. The van der Waals surface area contributed by atoms with E-state index in [4.69, 9.17) is 9.47 Å². The average molecular weight is 466 g/mol. The molecule has 0 saturated carbocycles. The van der Waals surface area contributed by atoms with Crippen LogP contribution in [-0.2, 0) is 4.74 Å². The molecular weight excluding hydrogens is 443 g/mol. The average Bonchev–Trinajstić information content (AvgIpc) is 2.61. The highest BCUT2D eigenvalue weighted by atomic mass is 127. The Bertz CT molecular complexity index is 769. The van der Waals surface area contributed by atoms with Gasteiger partial charge in [0.25, 0.3) is 5.91 Å². The van der Waals surface area contributed by atoms with Crippen LogP contribution in [0.1, 0.15) is 24.2 Å². The number of hydrogen-bond acceptors (Lipinski definition) is 4. The Morgan fingerprint density at radius 1 is 1.15 bits per heavy atom. The SMILES string of the molecule is COc1cccc(C(=O)Nc2ccc(N3C[C@@H](C)O[C@@H](C)C3)cc2)c1I. The predicted octanol–water partition coefficient (Wildman–Crippen LogP) is 4.17. The maximum absolute atomic E-state index is 12.6. The van der Waals surface area contributed by atoms with E-state index in [0.717, 1.165) is 28.0 Å². The number of hydrogen-bond donors (Lipinski definition) is 1. The number of amides is 1. The van der Waals surface area contributed by atoms with E-state index in [0.29, 0.717) is 11.3 Å². The van der Waals surface area contributed by atoms with Gasteiger partial charge in [0, 0.05) is 24.5 Å². The Labute approximate surface area is 167 Å². The first kappa shape index (κ1) is 19.0. The van der Waals surface area contributed by atoms with E-state index in [9.17, 15) is 4.79 Å². The molecule has 1 amide bonds. The van der Waals surface area contributed by atoms with Gasteiger partial charge in [-0.2, -0.15) is 0 Å². The third-order valence-electron chi connectivity index (χ3n) is 4.34. The summed E-state index contributed by atoms with van der Waals surface area (Å²) in [6, 6.07) is 13.4. The molecule has 2 aromatic rings. The van der Waals surface area contributed by atoms with E-state index in [1.807, 2.05) is 36.4 Å². The Morgan fingerprint density at radius 3 is 2.42 bits per heavy atom. The first-order valence-electron chi connectivity index (χ1n) is 8.62. The Hall–Kier alpha value is -1.80. The maximum atomic E-state index is 12.6. The molecular formula is C20H23IN2O3. The van der Waals surface area contributed by atoms with Crippen molar-refractivity contribution in [2.24, 2.45) is 0 Å². The van der Waals surface area contributed by atoms with Crippen LogP contribution in [0.5, 0.6) is 5.75 Å². The van der Waals surface area contributed by atoms with Crippen molar-refractivity contribution in [3.05, 3.63) is 51.6 Å². The van der Waals surface area contributed by atoms with Gasteiger partial charge in [0.05, 0.1) is 28.5 Å². The van der Waals surface area contributed by atoms with Gasteiger partial charge in [-0.1, -0.05) is 6.07 Å². The van der Waals surface area contributed by atoms with Gasteiger partial charge >= 0.3 is 0 Å². The quantitative estimate of drug-likeness (QED) is 0.688. The number of nitrogens with one attached hydrogen (secondary N) is 1. The molecule has 0 spiro atoms. The molecule has 0 bridgehead atoms. The number of carbonyl (C=O) groups is 1. The van der Waals surface area contributed by atoms with Crippen LogP contribution in [0.25, 0.3) is 0 Å². The fraction of sp³-hybridized carbons (Fsp3) is 0.350. The number of benzene rings is 2. The molecule has 2 atom stereocenters. The highest BCUT2D eigenvalue weighted by Crippen LogP contribution is 2.26. The van der Waals surface area contributed by atoms with Crippen LogP contribution in [0.4, 0.5) is 11.4 Å². The van der Waals surface area contributed by atoms with Crippen LogP contribution in [0.3, 0.4) is 0 Å². The molecule has 1 fully saturated rings. The highest BCUT2D eigenvalue weighted by Gasteiger charge is 2.22. The van der Waals surface area contributed by atoms with Crippen molar-refractivity contribution < 1.29 is 14.3 Å². The summed E-state index contributed by atoms with van der Waals surface area (Å²) < 4.78 is 11.9. The molecule has 0 radical (unpaired) electrons. The minimum Gasteiger partial charge on any atom is -0.496 e. The standard InChI is InChI=1S/C20H23IN2O3/c1-13-11-23(12-14(2)26-13)16-9-7-15(8-10-16)22-20(24)17-5-4-6-18(25-3)19(17)21/h4-10,13-14H,11-12H2,1-3H3,(H,22,24)/t13-,14+. The van der Waals surface area contributed by atoms with Crippen LogP contribution in [0, 0.1) is 3.57 Å². The third-order valence-corrected chi connectivity index (χ3v) is 5.45. The number of nitrogens with zero attached hydrogens (tertiary/aromatic N) is 1. The lowest BCUT2D eigenvalue weighted by Gasteiger charge is -2.36. The lowest BCUT2D eigenvalue weighted by Crippen LogP contribution is -2.45. The van der Waals surface area contributed by atoms with Gasteiger partial charge in [0.2, 0.25) is 0 Å². The molecule has 26 heavy (non-hydrogen) atoms. The molecule has 1 aliphatic rings. The second-order valence-electron chi connectivity index (χ2n) is 6.49. The van der Waals surface area contributed by atoms with E-state index < -0.39 is 0 Å². The lowest BCUT2D eigenvalue weighted by molar-refractivity contribution is -0.00521. The van der Waals surface area contributed by atoms with Crippen molar-refractivity contribution in [2.45, 2.75) is 26.1 Å². The second kappa shape index (κ2) is 8.26.